The SMILES string of the molecule is CC1(C)c2cc(-c3ccc(N(c4ccccc4)c4ccc(-c5ccc(-c6ccccc6)cc5)cc4)cc3)ccc2-c2cc3c(cc21)oc1ccccc13. The molecular weight excluding hydrogens is 643 g/mol. The van der Waals surface area contributed by atoms with Crippen LogP contribution in [0.15, 0.2) is 192 Å². The van der Waals surface area contributed by atoms with Crippen LogP contribution in [-0.2, 0) is 5.41 Å². The molecule has 2 nitrogen and oxygen atoms in total. The van der Waals surface area contributed by atoms with Crippen molar-refractivity contribution in [3.05, 3.63) is 199 Å². The maximum absolute atomic E-state index is 6.30. The van der Waals surface area contributed by atoms with Crippen molar-refractivity contribution in [3.8, 4) is 44.5 Å². The van der Waals surface area contributed by atoms with Crippen molar-refractivity contribution in [3.63, 3.8) is 0 Å². The van der Waals surface area contributed by atoms with Crippen LogP contribution >= 0.6 is 0 Å². The topological polar surface area (TPSA) is 16.4 Å². The fraction of sp³-hybridized carbons (Fsp3) is 0.0588. The summed E-state index contributed by atoms with van der Waals surface area (Å²) >= 11 is 0. The van der Waals surface area contributed by atoms with E-state index in [1.165, 1.54) is 66.4 Å². The number of hydrogen-bond acceptors (Lipinski definition) is 2. The maximum atomic E-state index is 6.30. The van der Waals surface area contributed by atoms with Crippen LogP contribution in [0.2, 0.25) is 0 Å². The lowest BCUT2D eigenvalue weighted by atomic mass is 9.81. The zero-order valence-corrected chi connectivity index (χ0v) is 29.8. The Morgan fingerprint density at radius 1 is 0.358 bits per heavy atom. The van der Waals surface area contributed by atoms with Gasteiger partial charge in [-0.3, -0.25) is 0 Å². The van der Waals surface area contributed by atoms with Gasteiger partial charge in [-0.15, -0.1) is 0 Å². The van der Waals surface area contributed by atoms with E-state index in [9.17, 15) is 0 Å². The number of anilines is 3. The predicted octanol–water partition coefficient (Wildman–Crippen LogP) is 14.4. The van der Waals surface area contributed by atoms with Crippen molar-refractivity contribution in [1.82, 2.24) is 0 Å². The first-order chi connectivity index (χ1) is 26.0. The molecule has 0 aliphatic heterocycles. The Hall–Kier alpha value is -6.64. The minimum Gasteiger partial charge on any atom is -0.456 e. The third-order valence-electron chi connectivity index (χ3n) is 11.1. The average molecular weight is 680 g/mol. The highest BCUT2D eigenvalue weighted by Gasteiger charge is 2.36. The summed E-state index contributed by atoms with van der Waals surface area (Å²) in [5.74, 6) is 0. The predicted molar refractivity (Wildman–Crippen MR) is 222 cm³/mol. The van der Waals surface area contributed by atoms with Gasteiger partial charge in [0.15, 0.2) is 0 Å². The average Bonchev–Trinajstić information content (AvgIpc) is 3.69. The van der Waals surface area contributed by atoms with E-state index in [4.69, 9.17) is 4.42 Å². The molecule has 8 aromatic carbocycles. The Morgan fingerprint density at radius 3 is 1.47 bits per heavy atom. The molecule has 0 saturated carbocycles. The number of hydrogen-bond donors (Lipinski definition) is 0. The molecule has 0 saturated heterocycles. The summed E-state index contributed by atoms with van der Waals surface area (Å²) in [5.41, 5.74) is 17.7. The van der Waals surface area contributed by atoms with E-state index in [1.807, 2.05) is 6.07 Å². The Balaban J connectivity index is 0.961. The van der Waals surface area contributed by atoms with E-state index in [2.05, 4.69) is 201 Å². The lowest BCUT2D eigenvalue weighted by Crippen LogP contribution is -2.15. The number of furan rings is 1. The zero-order chi connectivity index (χ0) is 35.5. The molecule has 10 rings (SSSR count). The molecule has 0 spiro atoms. The molecule has 2 heteroatoms. The summed E-state index contributed by atoms with van der Waals surface area (Å²) in [6, 6.07) is 67.8. The van der Waals surface area contributed by atoms with E-state index in [0.717, 1.165) is 28.2 Å². The van der Waals surface area contributed by atoms with Gasteiger partial charge in [0, 0.05) is 33.2 Å². The number of rotatable bonds is 6. The van der Waals surface area contributed by atoms with Gasteiger partial charge in [0.25, 0.3) is 0 Å². The summed E-state index contributed by atoms with van der Waals surface area (Å²) in [6.07, 6.45) is 0. The lowest BCUT2D eigenvalue weighted by Gasteiger charge is -2.26. The molecule has 0 bridgehead atoms. The van der Waals surface area contributed by atoms with Crippen molar-refractivity contribution in [1.29, 1.82) is 0 Å². The van der Waals surface area contributed by atoms with Gasteiger partial charge in [-0.25, -0.2) is 0 Å². The minimum atomic E-state index is -0.145. The minimum absolute atomic E-state index is 0.145. The maximum Gasteiger partial charge on any atom is 0.135 e. The molecule has 252 valence electrons. The summed E-state index contributed by atoms with van der Waals surface area (Å²) in [4.78, 5) is 2.33. The van der Waals surface area contributed by atoms with Crippen LogP contribution in [0.4, 0.5) is 17.1 Å². The van der Waals surface area contributed by atoms with Gasteiger partial charge in [0.05, 0.1) is 0 Å². The quantitative estimate of drug-likeness (QED) is 0.174. The summed E-state index contributed by atoms with van der Waals surface area (Å²) < 4.78 is 6.30. The van der Waals surface area contributed by atoms with E-state index < -0.39 is 0 Å². The molecular formula is C51H37NO. The van der Waals surface area contributed by atoms with Crippen LogP contribution in [0, 0.1) is 0 Å². The van der Waals surface area contributed by atoms with Crippen molar-refractivity contribution in [2.75, 3.05) is 4.90 Å². The van der Waals surface area contributed by atoms with Gasteiger partial charge in [-0.1, -0.05) is 141 Å². The lowest BCUT2D eigenvalue weighted by molar-refractivity contribution is 0.647. The zero-order valence-electron chi connectivity index (χ0n) is 29.8. The molecule has 1 aliphatic carbocycles. The van der Waals surface area contributed by atoms with Crippen LogP contribution in [-0.4, -0.2) is 0 Å². The Bertz CT molecular complexity index is 2760. The molecule has 1 aromatic heterocycles. The van der Waals surface area contributed by atoms with Crippen LogP contribution in [0.3, 0.4) is 0 Å². The molecule has 0 radical (unpaired) electrons. The van der Waals surface area contributed by atoms with Gasteiger partial charge >= 0.3 is 0 Å². The summed E-state index contributed by atoms with van der Waals surface area (Å²) in [7, 11) is 0. The highest BCUT2D eigenvalue weighted by Crippen LogP contribution is 2.51. The fourth-order valence-electron chi connectivity index (χ4n) is 8.25. The van der Waals surface area contributed by atoms with E-state index >= 15 is 0 Å². The first-order valence-electron chi connectivity index (χ1n) is 18.3. The number of benzene rings is 8. The first kappa shape index (κ1) is 31.1. The van der Waals surface area contributed by atoms with Gasteiger partial charge in [-0.2, -0.15) is 0 Å². The van der Waals surface area contributed by atoms with Gasteiger partial charge in [-0.05, 0) is 116 Å². The third-order valence-corrected chi connectivity index (χ3v) is 11.1. The largest absolute Gasteiger partial charge is 0.456 e. The van der Waals surface area contributed by atoms with Crippen LogP contribution in [0.5, 0.6) is 0 Å². The smallest absolute Gasteiger partial charge is 0.135 e. The monoisotopic (exact) mass is 679 g/mol. The number of fused-ring (bicyclic) bond motifs is 6. The molecule has 0 N–H and O–H groups in total. The second kappa shape index (κ2) is 12.3. The molecule has 0 fully saturated rings. The van der Waals surface area contributed by atoms with Crippen molar-refractivity contribution >= 4 is 39.0 Å². The van der Waals surface area contributed by atoms with Gasteiger partial charge in [0.2, 0.25) is 0 Å². The fourth-order valence-corrected chi connectivity index (χ4v) is 8.25. The summed E-state index contributed by atoms with van der Waals surface area (Å²) in [6.45, 7) is 4.67. The van der Waals surface area contributed by atoms with Crippen LogP contribution in [0.1, 0.15) is 25.0 Å². The highest BCUT2D eigenvalue weighted by atomic mass is 16.3. The van der Waals surface area contributed by atoms with Crippen molar-refractivity contribution < 1.29 is 4.42 Å². The number of para-hydroxylation sites is 2. The van der Waals surface area contributed by atoms with Crippen molar-refractivity contribution in [2.24, 2.45) is 0 Å². The van der Waals surface area contributed by atoms with E-state index in [1.54, 1.807) is 0 Å². The number of nitrogens with zero attached hydrogens (tertiary/aromatic N) is 1. The van der Waals surface area contributed by atoms with Crippen molar-refractivity contribution in [2.45, 2.75) is 19.3 Å². The van der Waals surface area contributed by atoms with Gasteiger partial charge < -0.3 is 9.32 Å². The standard InChI is InChI=1S/C51H37NO/c1-51(2)47-31-39(25-30-43(47)45-32-46-44-15-9-10-16-49(44)53-50(46)33-48(45)51)38-23-28-42(29-24-38)52(40-13-7-4-8-14-40)41-26-21-37(22-27-41)36-19-17-35(18-20-36)34-11-5-3-6-12-34/h3-33H,1-2H3. The molecule has 1 heterocycles. The van der Waals surface area contributed by atoms with Crippen LogP contribution in [0.25, 0.3) is 66.4 Å². The second-order valence-corrected chi connectivity index (χ2v) is 14.6. The Morgan fingerprint density at radius 2 is 0.830 bits per heavy atom. The Kier molecular flexibility index (Phi) is 7.19. The molecule has 9 aromatic rings. The molecule has 0 amide bonds. The third kappa shape index (κ3) is 5.26. The van der Waals surface area contributed by atoms with E-state index in [-0.39, 0.29) is 5.41 Å². The molecule has 1 aliphatic rings. The molecule has 53 heavy (non-hydrogen) atoms. The van der Waals surface area contributed by atoms with Crippen LogP contribution < -0.4 is 4.90 Å². The summed E-state index contributed by atoms with van der Waals surface area (Å²) in [5, 5.41) is 2.35. The first-order valence-corrected chi connectivity index (χ1v) is 18.3. The van der Waals surface area contributed by atoms with Gasteiger partial charge in [0.1, 0.15) is 11.2 Å². The second-order valence-electron chi connectivity index (χ2n) is 14.6. The Labute approximate surface area is 310 Å². The normalized spacial score (nSPS) is 12.9. The molecule has 0 unspecified atom stereocenters. The van der Waals surface area contributed by atoms with E-state index in [0.29, 0.717) is 0 Å². The molecule has 0 atom stereocenters. The highest BCUT2D eigenvalue weighted by molar-refractivity contribution is 6.07.